The van der Waals surface area contributed by atoms with Crippen molar-refractivity contribution in [1.82, 2.24) is 20.2 Å². The van der Waals surface area contributed by atoms with Crippen LogP contribution in [0.5, 0.6) is 0 Å². The second-order valence-corrected chi connectivity index (χ2v) is 4.28. The Bertz CT molecular complexity index is 370. The molecule has 0 spiro atoms. The van der Waals surface area contributed by atoms with Crippen LogP contribution in [-0.4, -0.2) is 28.5 Å². The molecule has 1 amide bonds. The highest BCUT2D eigenvalue weighted by Gasteiger charge is 2.26. The predicted molar refractivity (Wildman–Crippen MR) is 60.9 cm³/mol. The van der Waals surface area contributed by atoms with Crippen molar-refractivity contribution in [2.45, 2.75) is 38.4 Å². The summed E-state index contributed by atoms with van der Waals surface area (Å²) in [4.78, 5) is 16.0. The zero-order valence-corrected chi connectivity index (χ0v) is 9.73. The van der Waals surface area contributed by atoms with Gasteiger partial charge in [-0.15, -0.1) is 0 Å². The molecule has 1 aromatic heterocycles. The first-order valence-corrected chi connectivity index (χ1v) is 5.68. The van der Waals surface area contributed by atoms with E-state index in [9.17, 15) is 4.79 Å². The maximum atomic E-state index is 11.9. The van der Waals surface area contributed by atoms with Gasteiger partial charge in [0, 0.05) is 18.8 Å². The molecule has 1 aromatic rings. The molecule has 1 heterocycles. The highest BCUT2D eigenvalue weighted by molar-refractivity contribution is 5.80. The van der Waals surface area contributed by atoms with Gasteiger partial charge < -0.3 is 15.2 Å². The van der Waals surface area contributed by atoms with Crippen molar-refractivity contribution in [3.05, 3.63) is 18.2 Å². The maximum absolute atomic E-state index is 11.9. The van der Waals surface area contributed by atoms with Crippen molar-refractivity contribution in [2.75, 3.05) is 7.05 Å². The van der Waals surface area contributed by atoms with Gasteiger partial charge in [-0.25, -0.2) is 4.98 Å². The van der Waals surface area contributed by atoms with Crippen LogP contribution in [0, 0.1) is 0 Å². The zero-order valence-electron chi connectivity index (χ0n) is 9.73. The Morgan fingerprint density at radius 1 is 1.69 bits per heavy atom. The van der Waals surface area contributed by atoms with E-state index in [1.165, 1.54) is 0 Å². The van der Waals surface area contributed by atoms with Gasteiger partial charge in [0.2, 0.25) is 5.91 Å². The summed E-state index contributed by atoms with van der Waals surface area (Å²) in [6, 6.07) is 0.220. The zero-order chi connectivity index (χ0) is 11.5. The predicted octanol–water partition coefficient (Wildman–Crippen LogP) is 0.442. The van der Waals surface area contributed by atoms with Crippen LogP contribution in [0.1, 0.15) is 31.5 Å². The normalized spacial score (nSPS) is 17.1. The minimum absolute atomic E-state index is 0.0813. The van der Waals surface area contributed by atoms with Crippen LogP contribution >= 0.6 is 0 Å². The summed E-state index contributed by atoms with van der Waals surface area (Å²) in [5.74, 6) is 0.0813. The summed E-state index contributed by atoms with van der Waals surface area (Å²) in [5, 5.41) is 6.07. The van der Waals surface area contributed by atoms with Crippen molar-refractivity contribution in [2.24, 2.45) is 0 Å². The van der Waals surface area contributed by atoms with Crippen LogP contribution in [0.3, 0.4) is 0 Å². The Balaban J connectivity index is 2.03. The Hall–Kier alpha value is -1.36. The van der Waals surface area contributed by atoms with Crippen molar-refractivity contribution < 1.29 is 4.79 Å². The van der Waals surface area contributed by atoms with Crippen LogP contribution in [-0.2, 0) is 11.3 Å². The van der Waals surface area contributed by atoms with E-state index in [-0.39, 0.29) is 11.9 Å². The number of hydrogen-bond donors (Lipinski definition) is 2. The largest absolute Gasteiger partial charge is 0.352 e. The Morgan fingerprint density at radius 3 is 3.06 bits per heavy atom. The van der Waals surface area contributed by atoms with E-state index in [4.69, 9.17) is 0 Å². The lowest BCUT2D eigenvalue weighted by atomic mass is 10.3. The summed E-state index contributed by atoms with van der Waals surface area (Å²) < 4.78 is 1.91. The standard InChI is InChI=1S/C11H18N4O/c1-8(11(16)14-9-3-4-9)15-7-13-6-10(15)5-12-2/h6-9,12H,3-5H2,1-2H3,(H,14,16). The van der Waals surface area contributed by atoms with Gasteiger partial charge in [-0.1, -0.05) is 0 Å². The van der Waals surface area contributed by atoms with Gasteiger partial charge in [-0.3, -0.25) is 4.79 Å². The number of carbonyl (C=O) groups excluding carboxylic acids is 1. The SMILES string of the molecule is CNCc1cncn1C(C)C(=O)NC1CC1. The fourth-order valence-corrected chi connectivity index (χ4v) is 1.67. The molecule has 1 atom stereocenters. The second-order valence-electron chi connectivity index (χ2n) is 4.28. The number of imidazole rings is 1. The third-order valence-corrected chi connectivity index (χ3v) is 2.82. The highest BCUT2D eigenvalue weighted by Crippen LogP contribution is 2.20. The van der Waals surface area contributed by atoms with Gasteiger partial charge in [0.1, 0.15) is 6.04 Å². The van der Waals surface area contributed by atoms with Crippen molar-refractivity contribution in [1.29, 1.82) is 0 Å². The summed E-state index contributed by atoms with van der Waals surface area (Å²) in [6.07, 6.45) is 5.73. The van der Waals surface area contributed by atoms with E-state index >= 15 is 0 Å². The van der Waals surface area contributed by atoms with E-state index in [0.29, 0.717) is 6.04 Å². The van der Waals surface area contributed by atoms with Gasteiger partial charge in [-0.2, -0.15) is 0 Å². The van der Waals surface area contributed by atoms with Crippen molar-refractivity contribution in [3.63, 3.8) is 0 Å². The summed E-state index contributed by atoms with van der Waals surface area (Å²) in [5.41, 5.74) is 1.03. The Kier molecular flexibility index (Phi) is 3.24. The van der Waals surface area contributed by atoms with Crippen molar-refractivity contribution >= 4 is 5.91 Å². The van der Waals surface area contributed by atoms with Crippen LogP contribution in [0.25, 0.3) is 0 Å². The molecule has 0 aromatic carbocycles. The van der Waals surface area contributed by atoms with Gasteiger partial charge >= 0.3 is 0 Å². The van der Waals surface area contributed by atoms with Crippen LogP contribution in [0.15, 0.2) is 12.5 Å². The number of aromatic nitrogens is 2. The highest BCUT2D eigenvalue weighted by atomic mass is 16.2. The molecule has 0 saturated heterocycles. The molecule has 5 nitrogen and oxygen atoms in total. The minimum atomic E-state index is -0.188. The first kappa shape index (κ1) is 11.1. The molecule has 16 heavy (non-hydrogen) atoms. The molecule has 0 radical (unpaired) electrons. The van der Waals surface area contributed by atoms with Gasteiger partial charge in [-0.05, 0) is 26.8 Å². The number of nitrogens with one attached hydrogen (secondary N) is 2. The molecule has 1 aliphatic rings. The lowest BCUT2D eigenvalue weighted by Gasteiger charge is -2.16. The first-order chi connectivity index (χ1) is 7.72. The van der Waals surface area contributed by atoms with Crippen LogP contribution in [0.2, 0.25) is 0 Å². The van der Waals surface area contributed by atoms with E-state index < -0.39 is 0 Å². The smallest absolute Gasteiger partial charge is 0.243 e. The molecule has 5 heteroatoms. The maximum Gasteiger partial charge on any atom is 0.243 e. The van der Waals surface area contributed by atoms with Crippen LogP contribution < -0.4 is 10.6 Å². The minimum Gasteiger partial charge on any atom is -0.352 e. The molecule has 1 fully saturated rings. The van der Waals surface area contributed by atoms with Gasteiger partial charge in [0.15, 0.2) is 0 Å². The molecule has 1 unspecified atom stereocenters. The molecule has 2 N–H and O–H groups in total. The molecule has 1 saturated carbocycles. The second kappa shape index (κ2) is 4.65. The third-order valence-electron chi connectivity index (χ3n) is 2.82. The Labute approximate surface area is 95.2 Å². The molecule has 0 aliphatic heterocycles. The Morgan fingerprint density at radius 2 is 2.44 bits per heavy atom. The van der Waals surface area contributed by atoms with Gasteiger partial charge in [0.05, 0.1) is 12.0 Å². The van der Waals surface area contributed by atoms with Crippen molar-refractivity contribution in [3.8, 4) is 0 Å². The lowest BCUT2D eigenvalue weighted by Crippen LogP contribution is -2.33. The van der Waals surface area contributed by atoms with E-state index in [1.807, 2.05) is 18.5 Å². The van der Waals surface area contributed by atoms with E-state index in [2.05, 4.69) is 15.6 Å². The first-order valence-electron chi connectivity index (χ1n) is 5.68. The molecular formula is C11H18N4O. The molecule has 2 rings (SSSR count). The quantitative estimate of drug-likeness (QED) is 0.760. The lowest BCUT2D eigenvalue weighted by molar-refractivity contribution is -0.124. The summed E-state index contributed by atoms with van der Waals surface area (Å²) in [6.45, 7) is 2.62. The fraction of sp³-hybridized carbons (Fsp3) is 0.636. The third kappa shape index (κ3) is 2.41. The number of nitrogens with zero attached hydrogens (tertiary/aromatic N) is 2. The average molecular weight is 222 g/mol. The molecule has 1 aliphatic carbocycles. The molecule has 88 valence electrons. The number of rotatable bonds is 5. The fourth-order valence-electron chi connectivity index (χ4n) is 1.67. The topological polar surface area (TPSA) is 59.0 Å². The summed E-state index contributed by atoms with van der Waals surface area (Å²) >= 11 is 0. The average Bonchev–Trinajstić information content (AvgIpc) is 2.95. The van der Waals surface area contributed by atoms with E-state index in [0.717, 1.165) is 25.1 Å². The van der Waals surface area contributed by atoms with Gasteiger partial charge in [0.25, 0.3) is 0 Å². The molecule has 0 bridgehead atoms. The summed E-state index contributed by atoms with van der Waals surface area (Å²) in [7, 11) is 1.88. The molecular weight excluding hydrogens is 204 g/mol. The number of hydrogen-bond acceptors (Lipinski definition) is 3. The number of amides is 1. The monoisotopic (exact) mass is 222 g/mol. The van der Waals surface area contributed by atoms with E-state index in [1.54, 1.807) is 12.5 Å². The number of carbonyl (C=O) groups is 1. The van der Waals surface area contributed by atoms with Crippen LogP contribution in [0.4, 0.5) is 0 Å².